The molecule has 2 aromatic rings. The zero-order chi connectivity index (χ0) is 25.8. The molecule has 0 spiro atoms. The lowest BCUT2D eigenvalue weighted by Crippen LogP contribution is -2.15. The molecule has 0 fully saturated rings. The van der Waals surface area contributed by atoms with Gasteiger partial charge >= 0.3 is 12.1 Å². The Balaban J connectivity index is 2.85. The first kappa shape index (κ1) is 26.4. The van der Waals surface area contributed by atoms with E-state index in [-0.39, 0.29) is 40.7 Å². The summed E-state index contributed by atoms with van der Waals surface area (Å²) in [6, 6.07) is 2.94. The summed E-state index contributed by atoms with van der Waals surface area (Å²) in [5, 5.41) is 32.1. The van der Waals surface area contributed by atoms with Gasteiger partial charge in [0.25, 0.3) is 11.4 Å². The molecule has 0 N–H and O–H groups in total. The van der Waals surface area contributed by atoms with Gasteiger partial charge in [0.05, 0.1) is 33.6 Å². The van der Waals surface area contributed by atoms with Gasteiger partial charge in [-0.05, 0) is 6.07 Å². The van der Waals surface area contributed by atoms with Crippen LogP contribution in [0.3, 0.4) is 0 Å². The van der Waals surface area contributed by atoms with Crippen molar-refractivity contribution in [1.82, 2.24) is 4.98 Å². The molecule has 0 saturated carbocycles. The van der Waals surface area contributed by atoms with Gasteiger partial charge < -0.3 is 14.2 Å². The first-order valence-electron chi connectivity index (χ1n) is 8.70. The Hall–Kier alpha value is -3.81. The first-order chi connectivity index (χ1) is 15.9. The number of nitro benzene ring substituents is 2. The number of nitro groups is 2. The number of pyridine rings is 1. The van der Waals surface area contributed by atoms with E-state index in [1.165, 1.54) is 14.2 Å². The maximum atomic E-state index is 13.1. The van der Waals surface area contributed by atoms with E-state index < -0.39 is 55.1 Å². The third kappa shape index (κ3) is 5.39. The van der Waals surface area contributed by atoms with Crippen molar-refractivity contribution in [2.45, 2.75) is 22.4 Å². The van der Waals surface area contributed by atoms with Crippen molar-refractivity contribution in [3.8, 4) is 6.07 Å². The van der Waals surface area contributed by atoms with Crippen LogP contribution >= 0.6 is 11.8 Å². The highest BCUT2D eigenvalue weighted by atomic mass is 32.2. The number of carbonyl (C=O) groups is 1. The fourth-order valence-corrected chi connectivity index (χ4v) is 3.70. The number of alkyl halides is 3. The van der Waals surface area contributed by atoms with E-state index in [9.17, 15) is 43.5 Å². The Morgan fingerprint density at radius 2 is 1.65 bits per heavy atom. The standard InChI is InChI=1S/C18H13F3N4O8S/c1-31-16(26)10-4-8(7-22)15(23-13(10)17(32-2)33-3)34-14-11(24(27)28)5-9(18(19,20)21)6-12(14)25(29)30/h4-6,17H,1-3H3. The number of benzene rings is 1. The Bertz CT molecular complexity index is 1160. The summed E-state index contributed by atoms with van der Waals surface area (Å²) in [5.41, 5.74) is -4.95. The van der Waals surface area contributed by atoms with Gasteiger partial charge in [-0.1, -0.05) is 11.8 Å². The molecule has 1 aromatic carbocycles. The van der Waals surface area contributed by atoms with Crippen LogP contribution in [0.5, 0.6) is 0 Å². The van der Waals surface area contributed by atoms with Crippen molar-refractivity contribution in [2.24, 2.45) is 0 Å². The zero-order valence-electron chi connectivity index (χ0n) is 17.4. The molecule has 1 aromatic heterocycles. The van der Waals surface area contributed by atoms with E-state index in [0.717, 1.165) is 13.2 Å². The molecule has 34 heavy (non-hydrogen) atoms. The summed E-state index contributed by atoms with van der Waals surface area (Å²) in [6.45, 7) is 0. The van der Waals surface area contributed by atoms with Crippen LogP contribution in [-0.2, 0) is 20.4 Å². The quantitative estimate of drug-likeness (QED) is 0.221. The van der Waals surface area contributed by atoms with Crippen molar-refractivity contribution in [3.05, 3.63) is 60.8 Å². The predicted molar refractivity (Wildman–Crippen MR) is 106 cm³/mol. The number of esters is 1. The molecule has 0 atom stereocenters. The first-order valence-corrected chi connectivity index (χ1v) is 9.52. The minimum absolute atomic E-state index is 0.137. The Morgan fingerprint density at radius 1 is 1.12 bits per heavy atom. The predicted octanol–water partition coefficient (Wildman–Crippen LogP) is 4.02. The molecule has 0 aliphatic carbocycles. The van der Waals surface area contributed by atoms with Crippen LogP contribution in [0.1, 0.15) is 33.5 Å². The lowest BCUT2D eigenvalue weighted by molar-refractivity contribution is -0.400. The molecule has 0 radical (unpaired) electrons. The minimum Gasteiger partial charge on any atom is -0.465 e. The third-order valence-corrected chi connectivity index (χ3v) is 5.29. The summed E-state index contributed by atoms with van der Waals surface area (Å²) in [4.78, 5) is 35.9. The zero-order valence-corrected chi connectivity index (χ0v) is 18.2. The van der Waals surface area contributed by atoms with Crippen LogP contribution in [0.2, 0.25) is 0 Å². The monoisotopic (exact) mass is 502 g/mol. The highest BCUT2D eigenvalue weighted by molar-refractivity contribution is 7.99. The van der Waals surface area contributed by atoms with Crippen molar-refractivity contribution >= 4 is 29.1 Å². The molecule has 0 aliphatic rings. The third-order valence-electron chi connectivity index (χ3n) is 4.16. The summed E-state index contributed by atoms with van der Waals surface area (Å²) >= 11 is 0.201. The molecular weight excluding hydrogens is 489 g/mol. The van der Waals surface area contributed by atoms with Crippen LogP contribution in [0.25, 0.3) is 0 Å². The number of methoxy groups -OCH3 is 3. The van der Waals surface area contributed by atoms with Gasteiger partial charge in [0.15, 0.2) is 4.90 Å². The summed E-state index contributed by atoms with van der Waals surface area (Å²) in [5.74, 6) is -0.943. The molecule has 0 saturated heterocycles. The number of hydrogen-bond acceptors (Lipinski definition) is 11. The van der Waals surface area contributed by atoms with Crippen molar-refractivity contribution in [1.29, 1.82) is 5.26 Å². The lowest BCUT2D eigenvalue weighted by Gasteiger charge is -2.17. The van der Waals surface area contributed by atoms with E-state index in [2.05, 4.69) is 9.72 Å². The molecular formula is C18H13F3N4O8S. The maximum absolute atomic E-state index is 13.1. The number of hydrogen-bond donors (Lipinski definition) is 0. The summed E-state index contributed by atoms with van der Waals surface area (Å²) < 4.78 is 54.2. The van der Waals surface area contributed by atoms with Gasteiger partial charge in [-0.15, -0.1) is 0 Å². The topological polar surface area (TPSA) is 168 Å². The fraction of sp³-hybridized carbons (Fsp3) is 0.278. The van der Waals surface area contributed by atoms with E-state index >= 15 is 0 Å². The van der Waals surface area contributed by atoms with Crippen molar-refractivity contribution < 1.29 is 42.0 Å². The number of halogens is 3. The van der Waals surface area contributed by atoms with Crippen LogP contribution in [0, 0.1) is 31.6 Å². The summed E-state index contributed by atoms with van der Waals surface area (Å²) in [6.07, 6.45) is -6.40. The Morgan fingerprint density at radius 3 is 2.03 bits per heavy atom. The molecule has 0 aliphatic heterocycles. The van der Waals surface area contributed by atoms with Gasteiger partial charge in [0.2, 0.25) is 6.29 Å². The normalized spacial score (nSPS) is 11.2. The molecule has 0 amide bonds. The van der Waals surface area contributed by atoms with Gasteiger partial charge in [0.1, 0.15) is 16.8 Å². The second kappa shape index (κ2) is 10.4. The van der Waals surface area contributed by atoms with Crippen LogP contribution in [0.4, 0.5) is 24.5 Å². The second-order valence-electron chi connectivity index (χ2n) is 6.14. The average molecular weight is 502 g/mol. The maximum Gasteiger partial charge on any atom is 0.416 e. The molecule has 12 nitrogen and oxygen atoms in total. The second-order valence-corrected chi connectivity index (χ2v) is 7.14. The smallest absolute Gasteiger partial charge is 0.416 e. The number of nitrogens with zero attached hydrogens (tertiary/aromatic N) is 4. The van der Waals surface area contributed by atoms with Gasteiger partial charge in [-0.3, -0.25) is 20.2 Å². The SMILES string of the molecule is COC(=O)c1cc(C#N)c(Sc2c([N+](=O)[O-])cc(C(F)(F)F)cc2[N+](=O)[O-])nc1C(OC)OC. The van der Waals surface area contributed by atoms with Crippen LogP contribution < -0.4 is 0 Å². The minimum atomic E-state index is -5.10. The van der Waals surface area contributed by atoms with Crippen molar-refractivity contribution in [3.63, 3.8) is 0 Å². The van der Waals surface area contributed by atoms with E-state index in [1.807, 2.05) is 0 Å². The Kier molecular flexibility index (Phi) is 8.10. The molecule has 2 rings (SSSR count). The molecule has 180 valence electrons. The number of nitriles is 1. The molecule has 1 heterocycles. The van der Waals surface area contributed by atoms with E-state index in [0.29, 0.717) is 0 Å². The highest BCUT2D eigenvalue weighted by Gasteiger charge is 2.38. The lowest BCUT2D eigenvalue weighted by atomic mass is 10.1. The van der Waals surface area contributed by atoms with E-state index in [4.69, 9.17) is 9.47 Å². The number of carbonyl (C=O) groups excluding carboxylic acids is 1. The Labute approximate surface area is 192 Å². The van der Waals surface area contributed by atoms with Crippen LogP contribution in [-0.4, -0.2) is 42.1 Å². The van der Waals surface area contributed by atoms with E-state index in [1.54, 1.807) is 6.07 Å². The molecule has 0 bridgehead atoms. The number of rotatable bonds is 8. The van der Waals surface area contributed by atoms with Gasteiger partial charge in [-0.2, -0.15) is 18.4 Å². The van der Waals surface area contributed by atoms with Gasteiger partial charge in [-0.25, -0.2) is 9.78 Å². The summed E-state index contributed by atoms with van der Waals surface area (Å²) in [7, 11) is 3.42. The van der Waals surface area contributed by atoms with Crippen molar-refractivity contribution in [2.75, 3.05) is 21.3 Å². The number of ether oxygens (including phenoxy) is 3. The van der Waals surface area contributed by atoms with Crippen LogP contribution in [0.15, 0.2) is 28.1 Å². The molecule has 0 unspecified atom stereocenters. The molecule has 16 heteroatoms. The average Bonchev–Trinajstić information content (AvgIpc) is 2.78. The number of aromatic nitrogens is 1. The highest BCUT2D eigenvalue weighted by Crippen LogP contribution is 2.45. The fourth-order valence-electron chi connectivity index (χ4n) is 2.68. The largest absolute Gasteiger partial charge is 0.465 e. The van der Waals surface area contributed by atoms with Gasteiger partial charge in [0, 0.05) is 26.4 Å².